The van der Waals surface area contributed by atoms with Crippen LogP contribution in [0.5, 0.6) is 0 Å². The molecule has 4 aromatic carbocycles. The topological polar surface area (TPSA) is 0 Å². The summed E-state index contributed by atoms with van der Waals surface area (Å²) >= 11 is 0. The molecule has 0 saturated heterocycles. The van der Waals surface area contributed by atoms with Crippen LogP contribution < -0.4 is 20.7 Å². The SMILES string of the molecule is FC(F)(F)c1cccc([Si](c2ccccc2)(c2ccccc2)c2cccc(C(F)(F)F)c2)c1. The Kier molecular flexibility index (Phi) is 5.92. The molecule has 4 rings (SSSR count). The molecule has 33 heavy (non-hydrogen) atoms. The van der Waals surface area contributed by atoms with Gasteiger partial charge in [-0.15, -0.1) is 0 Å². The molecule has 168 valence electrons. The van der Waals surface area contributed by atoms with E-state index in [9.17, 15) is 26.3 Å². The third kappa shape index (κ3) is 4.33. The summed E-state index contributed by atoms with van der Waals surface area (Å²) in [6.07, 6.45) is -9.17. The van der Waals surface area contributed by atoms with Crippen molar-refractivity contribution in [2.24, 2.45) is 0 Å². The Morgan fingerprint density at radius 2 is 0.727 bits per heavy atom. The highest BCUT2D eigenvalue weighted by atomic mass is 28.3. The van der Waals surface area contributed by atoms with E-state index in [1.807, 2.05) is 0 Å². The van der Waals surface area contributed by atoms with Crippen molar-refractivity contribution in [2.75, 3.05) is 0 Å². The number of hydrogen-bond acceptors (Lipinski definition) is 0. The first-order chi connectivity index (χ1) is 15.6. The van der Waals surface area contributed by atoms with Crippen molar-refractivity contribution in [3.05, 3.63) is 120 Å². The maximum Gasteiger partial charge on any atom is 0.416 e. The third-order valence-electron chi connectivity index (χ3n) is 5.66. The van der Waals surface area contributed by atoms with E-state index in [2.05, 4.69) is 0 Å². The molecule has 0 radical (unpaired) electrons. The van der Waals surface area contributed by atoms with E-state index in [1.54, 1.807) is 72.8 Å². The molecule has 0 fully saturated rings. The summed E-state index contributed by atoms with van der Waals surface area (Å²) in [6.45, 7) is 0. The predicted octanol–water partition coefficient (Wildman–Crippen LogP) is 5.10. The average molecular weight is 473 g/mol. The minimum absolute atomic E-state index is 0.356. The first-order valence-corrected chi connectivity index (χ1v) is 12.1. The minimum Gasteiger partial charge on any atom is -0.166 e. The molecule has 4 aromatic rings. The summed E-state index contributed by atoms with van der Waals surface area (Å²) in [5, 5.41) is 2.09. The molecular formula is C26H18F6Si. The Labute approximate surface area is 188 Å². The Morgan fingerprint density at radius 3 is 1.06 bits per heavy atom. The van der Waals surface area contributed by atoms with E-state index in [0.717, 1.165) is 24.3 Å². The van der Waals surface area contributed by atoms with Crippen LogP contribution in [0.15, 0.2) is 109 Å². The van der Waals surface area contributed by atoms with Gasteiger partial charge in [-0.25, -0.2) is 0 Å². The van der Waals surface area contributed by atoms with E-state index in [0.29, 0.717) is 20.7 Å². The number of alkyl halides is 6. The Morgan fingerprint density at radius 1 is 0.394 bits per heavy atom. The lowest BCUT2D eigenvalue weighted by atomic mass is 10.2. The lowest BCUT2D eigenvalue weighted by Crippen LogP contribution is -2.74. The second-order valence-electron chi connectivity index (χ2n) is 7.64. The van der Waals surface area contributed by atoms with E-state index < -0.39 is 31.6 Å². The molecule has 0 aliphatic heterocycles. The lowest BCUT2D eigenvalue weighted by Gasteiger charge is -2.35. The highest BCUT2D eigenvalue weighted by Crippen LogP contribution is 2.30. The van der Waals surface area contributed by atoms with Crippen molar-refractivity contribution in [2.45, 2.75) is 12.4 Å². The van der Waals surface area contributed by atoms with Gasteiger partial charge in [-0.05, 0) is 32.9 Å². The number of benzene rings is 4. The van der Waals surface area contributed by atoms with Gasteiger partial charge in [-0.2, -0.15) is 26.3 Å². The van der Waals surface area contributed by atoms with Gasteiger partial charge in [-0.1, -0.05) is 97.1 Å². The van der Waals surface area contributed by atoms with E-state index >= 15 is 0 Å². The molecule has 0 aliphatic carbocycles. The van der Waals surface area contributed by atoms with Gasteiger partial charge in [0.1, 0.15) is 0 Å². The van der Waals surface area contributed by atoms with Gasteiger partial charge in [0, 0.05) is 0 Å². The summed E-state index contributed by atoms with van der Waals surface area (Å²) in [5.41, 5.74) is -1.67. The van der Waals surface area contributed by atoms with Gasteiger partial charge in [0.2, 0.25) is 0 Å². The summed E-state index contributed by atoms with van der Waals surface area (Å²) in [7, 11) is -3.52. The average Bonchev–Trinajstić information content (AvgIpc) is 2.80. The second-order valence-corrected chi connectivity index (χ2v) is 11.4. The van der Waals surface area contributed by atoms with Gasteiger partial charge >= 0.3 is 12.4 Å². The molecule has 0 saturated carbocycles. The normalized spacial score (nSPS) is 12.5. The number of halogens is 6. The van der Waals surface area contributed by atoms with Crippen LogP contribution in [0.25, 0.3) is 0 Å². The smallest absolute Gasteiger partial charge is 0.166 e. The maximum absolute atomic E-state index is 13.7. The van der Waals surface area contributed by atoms with Crippen LogP contribution >= 0.6 is 0 Å². The fraction of sp³-hybridized carbons (Fsp3) is 0.0769. The van der Waals surface area contributed by atoms with E-state index in [-0.39, 0.29) is 0 Å². The van der Waals surface area contributed by atoms with Crippen molar-refractivity contribution >= 4 is 28.8 Å². The molecule has 0 bridgehead atoms. The third-order valence-corrected chi connectivity index (χ3v) is 10.4. The Bertz CT molecular complexity index is 1130. The Hall–Kier alpha value is -3.32. The molecule has 7 heteroatoms. The van der Waals surface area contributed by atoms with Crippen LogP contribution in [-0.2, 0) is 12.4 Å². The fourth-order valence-corrected chi connectivity index (χ4v) is 9.06. The van der Waals surface area contributed by atoms with Crippen molar-refractivity contribution in [3.63, 3.8) is 0 Å². The summed E-state index contributed by atoms with van der Waals surface area (Å²) in [4.78, 5) is 0. The number of hydrogen-bond donors (Lipinski definition) is 0. The zero-order chi connectivity index (χ0) is 23.7. The standard InChI is InChI=1S/C26H18F6Si/c27-25(28,29)19-9-7-15-23(17-19)33(21-11-3-1-4-12-21,22-13-5-2-6-14-22)24-16-8-10-20(18-24)26(30,31)32/h1-18H. The van der Waals surface area contributed by atoms with Crippen LogP contribution in [0.2, 0.25) is 0 Å². The molecular weight excluding hydrogens is 454 g/mol. The van der Waals surface area contributed by atoms with Crippen LogP contribution in [0.3, 0.4) is 0 Å². The monoisotopic (exact) mass is 472 g/mol. The van der Waals surface area contributed by atoms with Gasteiger partial charge in [0.15, 0.2) is 8.07 Å². The molecule has 0 spiro atoms. The van der Waals surface area contributed by atoms with Gasteiger partial charge in [0.25, 0.3) is 0 Å². The molecule has 0 unspecified atom stereocenters. The maximum atomic E-state index is 13.7. The van der Waals surface area contributed by atoms with Crippen molar-refractivity contribution in [1.82, 2.24) is 0 Å². The molecule has 0 amide bonds. The largest absolute Gasteiger partial charge is 0.416 e. The molecule has 0 heterocycles. The fourth-order valence-electron chi connectivity index (χ4n) is 4.23. The van der Waals surface area contributed by atoms with Crippen molar-refractivity contribution < 1.29 is 26.3 Å². The van der Waals surface area contributed by atoms with Gasteiger partial charge in [-0.3, -0.25) is 0 Å². The Balaban J connectivity index is 2.15. The molecule has 0 atom stereocenters. The van der Waals surface area contributed by atoms with Crippen molar-refractivity contribution in [1.29, 1.82) is 0 Å². The molecule has 0 nitrogen and oxygen atoms in total. The van der Waals surface area contributed by atoms with Gasteiger partial charge < -0.3 is 0 Å². The minimum atomic E-state index is -4.59. The lowest BCUT2D eigenvalue weighted by molar-refractivity contribution is -0.138. The number of rotatable bonds is 4. The predicted molar refractivity (Wildman–Crippen MR) is 120 cm³/mol. The van der Waals surface area contributed by atoms with E-state index in [4.69, 9.17) is 0 Å². The van der Waals surface area contributed by atoms with Crippen LogP contribution in [-0.4, -0.2) is 8.07 Å². The summed E-state index contributed by atoms with van der Waals surface area (Å²) in [6, 6.07) is 27.6. The zero-order valence-electron chi connectivity index (χ0n) is 17.2. The highest BCUT2D eigenvalue weighted by Gasteiger charge is 2.44. The van der Waals surface area contributed by atoms with Crippen molar-refractivity contribution in [3.8, 4) is 0 Å². The molecule has 0 aromatic heterocycles. The highest BCUT2D eigenvalue weighted by molar-refractivity contribution is 7.19. The van der Waals surface area contributed by atoms with Crippen LogP contribution in [0.1, 0.15) is 11.1 Å². The second kappa shape index (κ2) is 8.55. The van der Waals surface area contributed by atoms with E-state index in [1.165, 1.54) is 12.1 Å². The first-order valence-electron chi connectivity index (χ1n) is 10.1. The summed E-state index contributed by atoms with van der Waals surface area (Å²) in [5.74, 6) is 0. The molecule has 0 aliphatic rings. The molecule has 0 N–H and O–H groups in total. The van der Waals surface area contributed by atoms with Crippen LogP contribution in [0.4, 0.5) is 26.3 Å². The first kappa shape index (κ1) is 22.9. The zero-order valence-corrected chi connectivity index (χ0v) is 18.2. The van der Waals surface area contributed by atoms with Gasteiger partial charge in [0.05, 0.1) is 11.1 Å². The quantitative estimate of drug-likeness (QED) is 0.220. The summed E-state index contributed by atoms with van der Waals surface area (Å²) < 4.78 is 81.9. The van der Waals surface area contributed by atoms with Crippen LogP contribution in [0, 0.1) is 0 Å².